The highest BCUT2D eigenvalue weighted by Crippen LogP contribution is 2.30. The minimum atomic E-state index is -0.925. The smallest absolute Gasteiger partial charge is 0.143 e. The van der Waals surface area contributed by atoms with Gasteiger partial charge in [-0.25, -0.2) is 9.37 Å². The first-order chi connectivity index (χ1) is 7.09. The standard InChI is InChI=1S/C11H9ClFNO/c12-10-6-9(13)8(7-14-10)2-5-11(15)3-1-4-11/h6-7,15H,1,3-4H2. The molecule has 0 aromatic carbocycles. The van der Waals surface area contributed by atoms with E-state index in [1.54, 1.807) is 0 Å². The summed E-state index contributed by atoms with van der Waals surface area (Å²) < 4.78 is 13.2. The van der Waals surface area contributed by atoms with Gasteiger partial charge in [-0.05, 0) is 19.3 Å². The average Bonchev–Trinajstić information content (AvgIpc) is 2.14. The van der Waals surface area contributed by atoms with Gasteiger partial charge in [-0.2, -0.15) is 0 Å². The van der Waals surface area contributed by atoms with Crippen molar-refractivity contribution in [2.75, 3.05) is 0 Å². The molecule has 1 aromatic heterocycles. The van der Waals surface area contributed by atoms with Crippen molar-refractivity contribution in [3.63, 3.8) is 0 Å². The summed E-state index contributed by atoms with van der Waals surface area (Å²) in [6.07, 6.45) is 3.55. The van der Waals surface area contributed by atoms with E-state index in [-0.39, 0.29) is 10.7 Å². The number of rotatable bonds is 0. The van der Waals surface area contributed by atoms with Crippen molar-refractivity contribution in [3.05, 3.63) is 28.8 Å². The van der Waals surface area contributed by atoms with Crippen LogP contribution in [-0.2, 0) is 0 Å². The lowest BCUT2D eigenvalue weighted by Crippen LogP contribution is -2.34. The zero-order valence-electron chi connectivity index (χ0n) is 7.93. The third-order valence-corrected chi connectivity index (χ3v) is 2.64. The summed E-state index contributed by atoms with van der Waals surface area (Å²) in [5, 5.41) is 9.77. The molecule has 0 bridgehead atoms. The summed E-state index contributed by atoms with van der Waals surface area (Å²) in [6.45, 7) is 0. The number of aromatic nitrogens is 1. The molecule has 0 atom stereocenters. The molecule has 15 heavy (non-hydrogen) atoms. The first-order valence-electron chi connectivity index (χ1n) is 4.66. The fourth-order valence-electron chi connectivity index (χ4n) is 1.32. The van der Waals surface area contributed by atoms with Gasteiger partial charge in [-0.3, -0.25) is 0 Å². The van der Waals surface area contributed by atoms with Gasteiger partial charge in [0.15, 0.2) is 0 Å². The average molecular weight is 226 g/mol. The van der Waals surface area contributed by atoms with E-state index in [0.717, 1.165) is 12.5 Å². The molecular formula is C11H9ClFNO. The lowest BCUT2D eigenvalue weighted by molar-refractivity contribution is 0.0240. The van der Waals surface area contributed by atoms with Crippen LogP contribution in [0.25, 0.3) is 0 Å². The topological polar surface area (TPSA) is 33.1 Å². The number of halogens is 2. The predicted octanol–water partition coefficient (Wildman–Crippen LogP) is 2.14. The van der Waals surface area contributed by atoms with E-state index in [0.29, 0.717) is 12.8 Å². The fraction of sp³-hybridized carbons (Fsp3) is 0.364. The zero-order valence-corrected chi connectivity index (χ0v) is 8.68. The molecule has 1 saturated carbocycles. The molecule has 1 aromatic rings. The number of nitrogens with zero attached hydrogens (tertiary/aromatic N) is 1. The maximum absolute atomic E-state index is 13.2. The van der Waals surface area contributed by atoms with Gasteiger partial charge in [0.05, 0.1) is 5.56 Å². The summed E-state index contributed by atoms with van der Waals surface area (Å²) in [4.78, 5) is 3.73. The number of hydrogen-bond donors (Lipinski definition) is 1. The van der Waals surface area contributed by atoms with E-state index < -0.39 is 11.4 Å². The third kappa shape index (κ3) is 2.28. The number of pyridine rings is 1. The van der Waals surface area contributed by atoms with Crippen LogP contribution in [0.15, 0.2) is 12.3 Å². The normalized spacial score (nSPS) is 17.5. The van der Waals surface area contributed by atoms with Crippen LogP contribution in [0.1, 0.15) is 24.8 Å². The van der Waals surface area contributed by atoms with Crippen molar-refractivity contribution in [1.29, 1.82) is 0 Å². The second-order valence-electron chi connectivity index (χ2n) is 3.62. The number of hydrogen-bond acceptors (Lipinski definition) is 2. The SMILES string of the molecule is OC1(C#Cc2cnc(Cl)cc2F)CCC1. The molecule has 0 spiro atoms. The zero-order chi connectivity index (χ0) is 10.9. The Morgan fingerprint density at radius 2 is 2.27 bits per heavy atom. The van der Waals surface area contributed by atoms with Crippen molar-refractivity contribution in [2.24, 2.45) is 0 Å². The largest absolute Gasteiger partial charge is 0.378 e. The van der Waals surface area contributed by atoms with Crippen LogP contribution in [0, 0.1) is 17.7 Å². The van der Waals surface area contributed by atoms with E-state index in [9.17, 15) is 9.50 Å². The molecule has 0 amide bonds. The van der Waals surface area contributed by atoms with Crippen molar-refractivity contribution in [2.45, 2.75) is 24.9 Å². The quantitative estimate of drug-likeness (QED) is 0.542. The summed E-state index contributed by atoms with van der Waals surface area (Å²) in [5.41, 5.74) is -0.758. The van der Waals surface area contributed by atoms with Gasteiger partial charge in [0, 0.05) is 12.3 Å². The maximum Gasteiger partial charge on any atom is 0.143 e. The summed E-state index contributed by atoms with van der Waals surface area (Å²) in [5.74, 6) is 4.73. The van der Waals surface area contributed by atoms with Crippen LogP contribution in [0.5, 0.6) is 0 Å². The molecule has 78 valence electrons. The molecule has 1 N–H and O–H groups in total. The Morgan fingerprint density at radius 3 is 2.80 bits per heavy atom. The minimum Gasteiger partial charge on any atom is -0.378 e. The van der Waals surface area contributed by atoms with Crippen LogP contribution in [0.3, 0.4) is 0 Å². The molecule has 1 aliphatic carbocycles. The van der Waals surface area contributed by atoms with Crippen LogP contribution < -0.4 is 0 Å². The molecule has 0 radical (unpaired) electrons. The number of aliphatic hydroxyl groups is 1. The first-order valence-corrected chi connectivity index (χ1v) is 5.03. The van der Waals surface area contributed by atoms with E-state index in [2.05, 4.69) is 16.8 Å². The Labute approximate surface area is 92.1 Å². The predicted molar refractivity (Wildman–Crippen MR) is 54.9 cm³/mol. The first kappa shape index (κ1) is 10.4. The van der Waals surface area contributed by atoms with Crippen LogP contribution in [0.4, 0.5) is 4.39 Å². The van der Waals surface area contributed by atoms with Crippen LogP contribution in [0.2, 0.25) is 5.15 Å². The lowest BCUT2D eigenvalue weighted by Gasteiger charge is -2.30. The highest BCUT2D eigenvalue weighted by molar-refractivity contribution is 6.29. The van der Waals surface area contributed by atoms with Gasteiger partial charge >= 0.3 is 0 Å². The van der Waals surface area contributed by atoms with Crippen LogP contribution in [-0.4, -0.2) is 15.7 Å². The molecular weight excluding hydrogens is 217 g/mol. The summed E-state index contributed by atoms with van der Waals surface area (Å²) in [7, 11) is 0. The van der Waals surface area contributed by atoms with Crippen LogP contribution >= 0.6 is 11.6 Å². The Bertz CT molecular complexity index is 446. The van der Waals surface area contributed by atoms with Crippen molar-refractivity contribution in [1.82, 2.24) is 4.98 Å². The molecule has 1 fully saturated rings. The molecule has 0 aliphatic heterocycles. The second-order valence-corrected chi connectivity index (χ2v) is 4.01. The molecule has 2 rings (SSSR count). The van der Waals surface area contributed by atoms with Gasteiger partial charge in [0.2, 0.25) is 0 Å². The fourth-order valence-corrected chi connectivity index (χ4v) is 1.46. The van der Waals surface area contributed by atoms with Gasteiger partial charge < -0.3 is 5.11 Å². The van der Waals surface area contributed by atoms with Gasteiger partial charge in [0.1, 0.15) is 16.6 Å². The third-order valence-electron chi connectivity index (χ3n) is 2.43. The van der Waals surface area contributed by atoms with Crippen molar-refractivity contribution in [3.8, 4) is 11.8 Å². The molecule has 4 heteroatoms. The molecule has 2 nitrogen and oxygen atoms in total. The highest BCUT2D eigenvalue weighted by atomic mass is 35.5. The Balaban J connectivity index is 2.23. The minimum absolute atomic E-state index is 0.0976. The maximum atomic E-state index is 13.2. The molecule has 0 unspecified atom stereocenters. The summed E-state index contributed by atoms with van der Waals surface area (Å²) >= 11 is 5.50. The van der Waals surface area contributed by atoms with E-state index >= 15 is 0 Å². The lowest BCUT2D eigenvalue weighted by atomic mass is 9.81. The Hall–Kier alpha value is -1.11. The monoisotopic (exact) mass is 225 g/mol. The Kier molecular flexibility index (Phi) is 2.64. The van der Waals surface area contributed by atoms with E-state index in [4.69, 9.17) is 11.6 Å². The molecule has 0 saturated heterocycles. The van der Waals surface area contributed by atoms with Crippen molar-refractivity contribution >= 4 is 11.6 Å². The van der Waals surface area contributed by atoms with Gasteiger partial charge in [-0.1, -0.05) is 23.4 Å². The van der Waals surface area contributed by atoms with Crippen molar-refractivity contribution < 1.29 is 9.50 Å². The summed E-state index contributed by atoms with van der Waals surface area (Å²) in [6, 6.07) is 1.11. The van der Waals surface area contributed by atoms with E-state index in [1.165, 1.54) is 6.20 Å². The second kappa shape index (κ2) is 3.80. The molecule has 1 aliphatic rings. The van der Waals surface area contributed by atoms with Gasteiger partial charge in [0.25, 0.3) is 0 Å². The van der Waals surface area contributed by atoms with Gasteiger partial charge in [-0.15, -0.1) is 0 Å². The van der Waals surface area contributed by atoms with E-state index in [1.807, 2.05) is 0 Å². The molecule has 1 heterocycles. The highest BCUT2D eigenvalue weighted by Gasteiger charge is 2.32. The Morgan fingerprint density at radius 1 is 1.53 bits per heavy atom.